The van der Waals surface area contributed by atoms with E-state index in [0.29, 0.717) is 5.52 Å². The number of ether oxygens (including phenoxy) is 1. The first-order valence-corrected chi connectivity index (χ1v) is 12.1. The lowest BCUT2D eigenvalue weighted by atomic mass is 10.1. The van der Waals surface area contributed by atoms with Gasteiger partial charge in [-0.05, 0) is 24.1 Å². The minimum atomic E-state index is -4.19. The normalized spacial score (nSPS) is 12.2. The number of aromatic nitrogens is 2. The summed E-state index contributed by atoms with van der Waals surface area (Å²) in [6.45, 7) is 2.41. The molecule has 0 bridgehead atoms. The zero-order valence-corrected chi connectivity index (χ0v) is 19.9. The molecule has 0 radical (unpaired) electrons. The molecule has 0 saturated carbocycles. The number of rotatable bonds is 9. The van der Waals surface area contributed by atoms with Crippen molar-refractivity contribution in [2.75, 3.05) is 11.9 Å². The first-order chi connectivity index (χ1) is 16.5. The number of hydrogen-bond acceptors (Lipinski definition) is 11. The summed E-state index contributed by atoms with van der Waals surface area (Å²) in [5.41, 5.74) is 0.0580. The number of fused-ring (bicyclic) bond motifs is 1. The molecule has 35 heavy (non-hydrogen) atoms. The number of nitrogens with zero attached hydrogens (tertiary/aromatic N) is 4. The molecule has 1 aromatic heterocycles. The average molecular weight is 519 g/mol. The van der Waals surface area contributed by atoms with E-state index in [4.69, 9.17) is 10.00 Å². The summed E-state index contributed by atoms with van der Waals surface area (Å²) in [5.74, 6) is -2.35. The highest BCUT2D eigenvalue weighted by Gasteiger charge is 2.31. The van der Waals surface area contributed by atoms with Gasteiger partial charge >= 0.3 is 5.97 Å². The number of anilines is 1. The van der Waals surface area contributed by atoms with Crippen molar-refractivity contribution in [1.29, 1.82) is 5.26 Å². The van der Waals surface area contributed by atoms with Crippen LogP contribution in [0.3, 0.4) is 0 Å². The van der Waals surface area contributed by atoms with Crippen LogP contribution in [0.5, 0.6) is 0 Å². The Kier molecular flexibility index (Phi) is 7.69. The molecule has 0 aliphatic heterocycles. The highest BCUT2D eigenvalue weighted by Crippen LogP contribution is 2.23. The number of benzene rings is 2. The van der Waals surface area contributed by atoms with Gasteiger partial charge in [-0.1, -0.05) is 19.9 Å². The van der Waals surface area contributed by atoms with Crippen LogP contribution < -0.4 is 10.0 Å². The lowest BCUT2D eigenvalue weighted by molar-refractivity contribution is -0.384. The number of non-ortho nitro benzene ring substituents is 1. The van der Waals surface area contributed by atoms with Gasteiger partial charge in [-0.2, -0.15) is 18.7 Å². The van der Waals surface area contributed by atoms with Crippen molar-refractivity contribution < 1.29 is 27.7 Å². The largest absolute Gasteiger partial charge is 0.454 e. The number of nitriles is 1. The van der Waals surface area contributed by atoms with E-state index in [1.54, 1.807) is 26.0 Å². The van der Waals surface area contributed by atoms with Crippen molar-refractivity contribution in [3.8, 4) is 6.07 Å². The lowest BCUT2D eigenvalue weighted by Gasteiger charge is -2.20. The number of sulfonamides is 1. The minimum Gasteiger partial charge on any atom is -0.454 e. The maximum absolute atomic E-state index is 12.9. The third-order valence-electron chi connectivity index (χ3n) is 4.70. The number of nitro groups is 1. The summed E-state index contributed by atoms with van der Waals surface area (Å²) in [7, 11) is -4.19. The summed E-state index contributed by atoms with van der Waals surface area (Å²) in [6.07, 6.45) is 0. The molecular formula is C20H18N6O7S2. The molecule has 0 aliphatic carbocycles. The standard InChI is InChI=1S/C20H18N6O7S2/c1-11(2)18(25-35(31,32)16-5-3-4-15-19(16)24-34-23-15)20(28)33-10-17(27)22-14-7-6-13(26(29)30)8-12(14)9-21/h3-8,11,18,25H,10H2,1-2H3,(H,22,27). The van der Waals surface area contributed by atoms with Crippen LogP contribution in [0.15, 0.2) is 41.3 Å². The van der Waals surface area contributed by atoms with Gasteiger partial charge < -0.3 is 10.1 Å². The van der Waals surface area contributed by atoms with Crippen LogP contribution in [0, 0.1) is 27.4 Å². The van der Waals surface area contributed by atoms with Crippen molar-refractivity contribution in [2.45, 2.75) is 24.8 Å². The highest BCUT2D eigenvalue weighted by molar-refractivity contribution is 7.89. The van der Waals surface area contributed by atoms with Gasteiger partial charge in [-0.3, -0.25) is 19.7 Å². The number of amides is 1. The number of esters is 1. The van der Waals surface area contributed by atoms with Gasteiger partial charge in [0.05, 0.1) is 27.9 Å². The summed E-state index contributed by atoms with van der Waals surface area (Å²) in [6, 6.07) is 8.12. The molecule has 1 atom stereocenters. The third-order valence-corrected chi connectivity index (χ3v) is 6.71. The van der Waals surface area contributed by atoms with Crippen molar-refractivity contribution in [2.24, 2.45) is 5.92 Å². The van der Waals surface area contributed by atoms with Crippen LogP contribution in [0.25, 0.3) is 11.0 Å². The van der Waals surface area contributed by atoms with Gasteiger partial charge in [-0.25, -0.2) is 8.42 Å². The highest BCUT2D eigenvalue weighted by atomic mass is 32.2. The number of nitro benzene ring substituents is 1. The zero-order chi connectivity index (χ0) is 25.8. The van der Waals surface area contributed by atoms with Crippen LogP contribution in [0.1, 0.15) is 19.4 Å². The van der Waals surface area contributed by atoms with Gasteiger partial charge in [0.25, 0.3) is 11.6 Å². The molecule has 3 rings (SSSR count). The van der Waals surface area contributed by atoms with Crippen molar-refractivity contribution in [3.63, 3.8) is 0 Å². The molecule has 182 valence electrons. The Hall–Kier alpha value is -4.00. The second kappa shape index (κ2) is 10.5. The Bertz CT molecular complexity index is 1450. The topological polar surface area (TPSA) is 194 Å². The average Bonchev–Trinajstić information content (AvgIpc) is 3.30. The van der Waals surface area contributed by atoms with Crippen molar-refractivity contribution >= 4 is 56.0 Å². The van der Waals surface area contributed by atoms with Crippen molar-refractivity contribution in [1.82, 2.24) is 13.5 Å². The van der Waals surface area contributed by atoms with Crippen LogP contribution in [0.4, 0.5) is 11.4 Å². The quantitative estimate of drug-likeness (QED) is 0.240. The fourth-order valence-corrected chi connectivity index (χ4v) is 5.04. The van der Waals surface area contributed by atoms with Crippen LogP contribution >= 0.6 is 11.7 Å². The molecule has 1 unspecified atom stereocenters. The maximum Gasteiger partial charge on any atom is 0.324 e. The molecule has 3 aromatic rings. The van der Waals surface area contributed by atoms with Gasteiger partial charge in [0.2, 0.25) is 10.0 Å². The molecule has 1 amide bonds. The predicted octanol–water partition coefficient (Wildman–Crippen LogP) is 1.96. The molecule has 15 heteroatoms. The molecule has 0 fully saturated rings. The number of nitrogens with one attached hydrogen (secondary N) is 2. The fourth-order valence-electron chi connectivity index (χ4n) is 2.95. The van der Waals surface area contributed by atoms with Crippen LogP contribution in [-0.4, -0.2) is 46.6 Å². The number of hydrogen-bond donors (Lipinski definition) is 2. The second-order valence-corrected chi connectivity index (χ2v) is 9.70. The molecule has 2 aromatic carbocycles. The first-order valence-electron chi connectivity index (χ1n) is 9.92. The van der Waals surface area contributed by atoms with E-state index in [2.05, 4.69) is 18.8 Å². The summed E-state index contributed by atoms with van der Waals surface area (Å²) in [5, 5.41) is 22.3. The lowest BCUT2D eigenvalue weighted by Crippen LogP contribution is -2.45. The zero-order valence-electron chi connectivity index (χ0n) is 18.3. The number of carbonyl (C=O) groups is 2. The van der Waals surface area contributed by atoms with Gasteiger partial charge in [0.1, 0.15) is 28.0 Å². The monoisotopic (exact) mass is 518 g/mol. The minimum absolute atomic E-state index is 0.00905. The van der Waals surface area contributed by atoms with Gasteiger partial charge in [0, 0.05) is 12.1 Å². The Morgan fingerprint density at radius 2 is 2.00 bits per heavy atom. The molecule has 2 N–H and O–H groups in total. The van der Waals surface area contributed by atoms with E-state index in [1.165, 1.54) is 18.2 Å². The Morgan fingerprint density at radius 3 is 2.66 bits per heavy atom. The number of carbonyl (C=O) groups excluding carboxylic acids is 2. The third kappa shape index (κ3) is 5.93. The second-order valence-electron chi connectivity index (χ2n) is 7.49. The molecule has 0 saturated heterocycles. The van der Waals surface area contributed by atoms with E-state index in [9.17, 15) is 28.1 Å². The van der Waals surface area contributed by atoms with E-state index >= 15 is 0 Å². The van der Waals surface area contributed by atoms with Gasteiger partial charge in [0.15, 0.2) is 6.61 Å². The summed E-state index contributed by atoms with van der Waals surface area (Å²) >= 11 is 0.850. The summed E-state index contributed by atoms with van der Waals surface area (Å²) < 4.78 is 41.2. The Morgan fingerprint density at radius 1 is 1.26 bits per heavy atom. The van der Waals surface area contributed by atoms with E-state index in [-0.39, 0.29) is 27.4 Å². The van der Waals surface area contributed by atoms with Crippen LogP contribution in [-0.2, 0) is 24.3 Å². The molecule has 1 heterocycles. The summed E-state index contributed by atoms with van der Waals surface area (Å²) in [4.78, 5) is 34.9. The Labute approximate surface area is 203 Å². The fraction of sp³-hybridized carbons (Fsp3) is 0.250. The van der Waals surface area contributed by atoms with E-state index < -0.39 is 45.4 Å². The first kappa shape index (κ1) is 25.6. The van der Waals surface area contributed by atoms with E-state index in [0.717, 1.165) is 23.9 Å². The van der Waals surface area contributed by atoms with Gasteiger partial charge in [-0.15, -0.1) is 0 Å². The smallest absolute Gasteiger partial charge is 0.324 e. The van der Waals surface area contributed by atoms with Crippen molar-refractivity contribution in [3.05, 3.63) is 52.1 Å². The van der Waals surface area contributed by atoms with E-state index in [1.807, 2.05) is 0 Å². The SMILES string of the molecule is CC(C)C(NS(=O)(=O)c1cccc2nsnc12)C(=O)OCC(=O)Nc1ccc([N+](=O)[O-])cc1C#N. The molecule has 13 nitrogen and oxygen atoms in total. The molecule has 0 aliphatic rings. The molecular weight excluding hydrogens is 500 g/mol. The molecule has 0 spiro atoms. The van der Waals surface area contributed by atoms with Crippen LogP contribution in [0.2, 0.25) is 0 Å². The predicted molar refractivity (Wildman–Crippen MR) is 124 cm³/mol. The Balaban J connectivity index is 1.68. The maximum atomic E-state index is 12.9.